The van der Waals surface area contributed by atoms with E-state index in [1.54, 1.807) is 0 Å². The number of ether oxygens (including phenoxy) is 2. The number of hydrogen-bond acceptors (Lipinski definition) is 5. The fourth-order valence-corrected chi connectivity index (χ4v) is 4.78. The predicted octanol–water partition coefficient (Wildman–Crippen LogP) is 4.31. The van der Waals surface area contributed by atoms with Crippen LogP contribution in [0.25, 0.3) is 0 Å². The standard InChI is InChI=1S/C22H22N2O5.C6H12/c1-28-22(27)19-11-15-5-8-18-10-16(15)13-24(19)21(26)12-23-20(25)9-4-14-2-6-17(29-18)7-3-14;1-2-4-6-5-3-1/h2-3,5-8,10,19H,4,9,11-13H2,1H3,(H,23,25);1-6H2. The van der Waals surface area contributed by atoms with E-state index in [1.165, 1.54) is 50.5 Å². The van der Waals surface area contributed by atoms with E-state index in [0.717, 1.165) is 16.7 Å². The summed E-state index contributed by atoms with van der Waals surface area (Å²) in [6.45, 7) is 0.0940. The van der Waals surface area contributed by atoms with Crippen molar-refractivity contribution in [3.63, 3.8) is 0 Å². The van der Waals surface area contributed by atoms with Gasteiger partial charge in [0.15, 0.2) is 0 Å². The van der Waals surface area contributed by atoms with Gasteiger partial charge in [-0.1, -0.05) is 56.7 Å². The van der Waals surface area contributed by atoms with E-state index in [1.807, 2.05) is 42.5 Å². The fraction of sp³-hybridized carbons (Fsp3) is 0.464. The highest BCUT2D eigenvalue weighted by Crippen LogP contribution is 2.30. The third-order valence-electron chi connectivity index (χ3n) is 6.84. The molecule has 1 aliphatic carbocycles. The zero-order valence-corrected chi connectivity index (χ0v) is 20.4. The first-order valence-corrected chi connectivity index (χ1v) is 12.6. The second-order valence-electron chi connectivity index (χ2n) is 9.34. The number of carbonyl (C=O) groups is 3. The van der Waals surface area contributed by atoms with Crippen molar-refractivity contribution in [3.8, 4) is 11.5 Å². The summed E-state index contributed by atoms with van der Waals surface area (Å²) < 4.78 is 10.9. The maximum absolute atomic E-state index is 12.8. The molecule has 1 unspecified atom stereocenters. The van der Waals surface area contributed by atoms with Crippen molar-refractivity contribution >= 4 is 17.8 Å². The van der Waals surface area contributed by atoms with Crippen molar-refractivity contribution in [3.05, 3.63) is 59.2 Å². The molecule has 0 aromatic heterocycles. The quantitative estimate of drug-likeness (QED) is 0.618. The van der Waals surface area contributed by atoms with Gasteiger partial charge in [0, 0.05) is 19.4 Å². The lowest BCUT2D eigenvalue weighted by Gasteiger charge is -2.35. The molecule has 1 saturated carbocycles. The summed E-state index contributed by atoms with van der Waals surface area (Å²) in [7, 11) is 1.31. The molecular formula is C28H34N2O5. The zero-order valence-electron chi connectivity index (χ0n) is 20.4. The highest BCUT2D eigenvalue weighted by Gasteiger charge is 2.35. The molecule has 1 fully saturated rings. The molecule has 2 amide bonds. The van der Waals surface area contributed by atoms with Crippen molar-refractivity contribution < 1.29 is 23.9 Å². The molecule has 3 aliphatic heterocycles. The second kappa shape index (κ2) is 11.9. The monoisotopic (exact) mass is 478 g/mol. The van der Waals surface area contributed by atoms with Crippen LogP contribution in [0.2, 0.25) is 0 Å². The van der Waals surface area contributed by atoms with Gasteiger partial charge in [-0.05, 0) is 47.4 Å². The van der Waals surface area contributed by atoms with Crippen LogP contribution in [0.3, 0.4) is 0 Å². The van der Waals surface area contributed by atoms with Gasteiger partial charge in [0.25, 0.3) is 0 Å². The van der Waals surface area contributed by atoms with Crippen molar-refractivity contribution in [2.75, 3.05) is 13.7 Å². The van der Waals surface area contributed by atoms with Gasteiger partial charge in [0.1, 0.15) is 17.5 Å². The summed E-state index contributed by atoms with van der Waals surface area (Å²) in [5.41, 5.74) is 2.89. The third-order valence-corrected chi connectivity index (χ3v) is 6.84. The normalized spacial score (nSPS) is 19.8. The molecule has 1 atom stereocenters. The molecule has 0 saturated heterocycles. The Bertz CT molecular complexity index is 1030. The minimum atomic E-state index is -0.714. The number of benzene rings is 2. The van der Waals surface area contributed by atoms with E-state index < -0.39 is 12.0 Å². The summed E-state index contributed by atoms with van der Waals surface area (Å²) in [4.78, 5) is 38.7. The lowest BCUT2D eigenvalue weighted by atomic mass is 9.93. The molecule has 0 spiro atoms. The number of hydrogen-bond donors (Lipinski definition) is 1. The Morgan fingerprint density at radius 3 is 2.23 bits per heavy atom. The topological polar surface area (TPSA) is 84.9 Å². The minimum absolute atomic E-state index is 0.156. The van der Waals surface area contributed by atoms with Gasteiger partial charge >= 0.3 is 5.97 Å². The van der Waals surface area contributed by atoms with Crippen LogP contribution in [0.15, 0.2) is 42.5 Å². The second-order valence-corrected chi connectivity index (χ2v) is 9.34. The minimum Gasteiger partial charge on any atom is -0.467 e. The first kappa shape index (κ1) is 24.8. The van der Waals surface area contributed by atoms with E-state index in [2.05, 4.69) is 5.32 Å². The number of rotatable bonds is 1. The number of amides is 2. The smallest absolute Gasteiger partial charge is 0.328 e. The van der Waals surface area contributed by atoms with Gasteiger partial charge < -0.3 is 19.7 Å². The molecule has 1 N–H and O–H groups in total. The van der Waals surface area contributed by atoms with Crippen LogP contribution >= 0.6 is 0 Å². The number of methoxy groups -OCH3 is 1. The molecule has 2 aromatic rings. The Balaban J connectivity index is 0.000000421. The molecule has 35 heavy (non-hydrogen) atoms. The molecule has 4 aliphatic rings. The van der Waals surface area contributed by atoms with Gasteiger partial charge in [-0.2, -0.15) is 0 Å². The molecule has 186 valence electrons. The van der Waals surface area contributed by atoms with Crippen LogP contribution in [0.4, 0.5) is 0 Å². The van der Waals surface area contributed by atoms with Crippen LogP contribution in [0.1, 0.15) is 61.6 Å². The number of nitrogens with zero attached hydrogens (tertiary/aromatic N) is 1. The molecule has 5 bridgehead atoms. The molecule has 0 radical (unpaired) electrons. The summed E-state index contributed by atoms with van der Waals surface area (Å²) >= 11 is 0. The van der Waals surface area contributed by atoms with Crippen molar-refractivity contribution in [2.45, 2.75) is 70.4 Å². The summed E-state index contributed by atoms with van der Waals surface area (Å²) in [5, 5.41) is 2.67. The maximum atomic E-state index is 12.8. The van der Waals surface area contributed by atoms with Crippen LogP contribution in [0, 0.1) is 0 Å². The van der Waals surface area contributed by atoms with Crippen LogP contribution in [0.5, 0.6) is 11.5 Å². The van der Waals surface area contributed by atoms with Crippen LogP contribution in [-0.2, 0) is 38.5 Å². The van der Waals surface area contributed by atoms with Gasteiger partial charge in [-0.25, -0.2) is 4.79 Å². The van der Waals surface area contributed by atoms with Gasteiger partial charge in [-0.3, -0.25) is 9.59 Å². The Morgan fingerprint density at radius 1 is 0.914 bits per heavy atom. The molecule has 7 nitrogen and oxygen atoms in total. The fourth-order valence-electron chi connectivity index (χ4n) is 4.78. The number of nitrogens with one attached hydrogen (secondary N) is 1. The Labute approximate surface area is 206 Å². The SMILES string of the molecule is C1CCCCC1.COC(=O)C1Cc2ccc3cc2CN1C(=O)CNC(=O)CCc1ccc(cc1)O3. The van der Waals surface area contributed by atoms with Crippen molar-refractivity contribution in [2.24, 2.45) is 0 Å². The molecule has 3 heterocycles. The van der Waals surface area contributed by atoms with E-state index in [-0.39, 0.29) is 31.3 Å². The van der Waals surface area contributed by atoms with E-state index in [9.17, 15) is 14.4 Å². The average Bonchev–Trinajstić information content (AvgIpc) is 2.91. The largest absolute Gasteiger partial charge is 0.467 e. The lowest BCUT2D eigenvalue weighted by molar-refractivity contribution is -0.153. The van der Waals surface area contributed by atoms with Gasteiger partial charge in [-0.15, -0.1) is 0 Å². The van der Waals surface area contributed by atoms with Gasteiger partial charge in [0.2, 0.25) is 11.8 Å². The highest BCUT2D eigenvalue weighted by molar-refractivity contribution is 5.89. The molecular weight excluding hydrogens is 444 g/mol. The number of esters is 1. The number of carbonyl (C=O) groups excluding carboxylic acids is 3. The van der Waals surface area contributed by atoms with E-state index in [4.69, 9.17) is 9.47 Å². The Kier molecular flexibility index (Phi) is 8.40. The number of aryl methyl sites for hydroxylation is 1. The average molecular weight is 479 g/mol. The third kappa shape index (κ3) is 6.62. The Hall–Kier alpha value is -3.35. The predicted molar refractivity (Wildman–Crippen MR) is 132 cm³/mol. The first-order chi connectivity index (χ1) is 17.0. The van der Waals surface area contributed by atoms with Crippen molar-refractivity contribution in [1.29, 1.82) is 0 Å². The van der Waals surface area contributed by atoms with Crippen LogP contribution < -0.4 is 10.1 Å². The van der Waals surface area contributed by atoms with E-state index in [0.29, 0.717) is 24.3 Å². The summed E-state index contributed by atoms with van der Waals surface area (Å²) in [6.07, 6.45) is 10.2. The lowest BCUT2D eigenvalue weighted by Crippen LogP contribution is -2.52. The zero-order chi connectivity index (χ0) is 24.6. The molecule has 7 heteroatoms. The van der Waals surface area contributed by atoms with Crippen LogP contribution in [-0.4, -0.2) is 42.4 Å². The summed E-state index contributed by atoms with van der Waals surface area (Å²) in [6, 6.07) is 12.6. The van der Waals surface area contributed by atoms with Gasteiger partial charge in [0.05, 0.1) is 13.7 Å². The molecule has 6 rings (SSSR count). The molecule has 2 aromatic carbocycles. The van der Waals surface area contributed by atoms with E-state index >= 15 is 0 Å². The first-order valence-electron chi connectivity index (χ1n) is 12.6. The highest BCUT2D eigenvalue weighted by atomic mass is 16.5. The van der Waals surface area contributed by atoms with Crippen molar-refractivity contribution in [1.82, 2.24) is 10.2 Å². The Morgan fingerprint density at radius 2 is 1.57 bits per heavy atom. The summed E-state index contributed by atoms with van der Waals surface area (Å²) in [5.74, 6) is 0.369. The maximum Gasteiger partial charge on any atom is 0.328 e. The number of fused-ring (bicyclic) bond motifs is 7.